The molecule has 0 atom stereocenters. The molecule has 1 aliphatic rings. The Labute approximate surface area is 188 Å². The number of hydrogen-bond acceptors (Lipinski definition) is 5. The summed E-state index contributed by atoms with van der Waals surface area (Å²) in [7, 11) is 3.24. The minimum Gasteiger partial charge on any atom is -0.494 e. The molecular formula is C26H29NO5. The zero-order valence-electron chi connectivity index (χ0n) is 18.8. The quantitative estimate of drug-likeness (QED) is 0.447. The van der Waals surface area contributed by atoms with Gasteiger partial charge in [0.15, 0.2) is 17.3 Å². The van der Waals surface area contributed by atoms with Gasteiger partial charge in [-0.1, -0.05) is 13.3 Å². The average Bonchev–Trinajstić information content (AvgIpc) is 3.33. The lowest BCUT2D eigenvalue weighted by molar-refractivity contribution is 0.0703. The smallest absolute Gasteiger partial charge is 0.289 e. The Bertz CT molecular complexity index is 1070. The largest absolute Gasteiger partial charge is 0.494 e. The highest BCUT2D eigenvalue weighted by Crippen LogP contribution is 2.34. The highest BCUT2D eigenvalue weighted by atomic mass is 16.5. The molecule has 0 N–H and O–H groups in total. The van der Waals surface area contributed by atoms with Gasteiger partial charge in [0.05, 0.1) is 20.8 Å². The molecule has 6 nitrogen and oxygen atoms in total. The van der Waals surface area contributed by atoms with Gasteiger partial charge in [-0.15, -0.1) is 0 Å². The zero-order chi connectivity index (χ0) is 22.5. The summed E-state index contributed by atoms with van der Waals surface area (Å²) in [4.78, 5) is 14.9. The number of hydrogen-bond donors (Lipinski definition) is 0. The van der Waals surface area contributed by atoms with Crippen molar-refractivity contribution in [3.63, 3.8) is 0 Å². The van der Waals surface area contributed by atoms with Gasteiger partial charge in [-0.25, -0.2) is 0 Å². The van der Waals surface area contributed by atoms with Crippen LogP contribution in [0.25, 0.3) is 11.3 Å². The monoisotopic (exact) mass is 435 g/mol. The maximum Gasteiger partial charge on any atom is 0.289 e. The number of methoxy groups -OCH3 is 2. The summed E-state index contributed by atoms with van der Waals surface area (Å²) in [5.74, 6) is 3.11. The van der Waals surface area contributed by atoms with Crippen molar-refractivity contribution >= 4 is 5.91 Å². The lowest BCUT2D eigenvalue weighted by Gasteiger charge is -2.29. The van der Waals surface area contributed by atoms with Crippen LogP contribution >= 0.6 is 0 Å². The second-order valence-corrected chi connectivity index (χ2v) is 7.84. The molecule has 6 heteroatoms. The molecule has 0 unspecified atom stereocenters. The summed E-state index contributed by atoms with van der Waals surface area (Å²) < 4.78 is 22.4. The predicted octanol–water partition coefficient (Wildman–Crippen LogP) is 5.34. The third-order valence-corrected chi connectivity index (χ3v) is 5.73. The van der Waals surface area contributed by atoms with Crippen LogP contribution in [0.4, 0.5) is 0 Å². The number of nitrogens with zero attached hydrogens (tertiary/aromatic N) is 1. The number of fused-ring (bicyclic) bond motifs is 1. The van der Waals surface area contributed by atoms with Gasteiger partial charge in [0, 0.05) is 18.7 Å². The van der Waals surface area contributed by atoms with Gasteiger partial charge in [0.25, 0.3) is 5.91 Å². The summed E-state index contributed by atoms with van der Waals surface area (Å²) >= 11 is 0. The van der Waals surface area contributed by atoms with Gasteiger partial charge in [0.1, 0.15) is 11.5 Å². The number of benzene rings is 2. The van der Waals surface area contributed by atoms with Crippen LogP contribution in [-0.4, -0.2) is 38.2 Å². The molecule has 1 aliphatic heterocycles. The number of amides is 1. The molecule has 0 fully saturated rings. The first-order valence-electron chi connectivity index (χ1n) is 11.0. The lowest BCUT2D eigenvalue weighted by atomic mass is 9.98. The first-order valence-corrected chi connectivity index (χ1v) is 11.0. The van der Waals surface area contributed by atoms with Crippen LogP contribution < -0.4 is 14.2 Å². The minimum absolute atomic E-state index is 0.115. The maximum absolute atomic E-state index is 13.1. The zero-order valence-corrected chi connectivity index (χ0v) is 18.8. The van der Waals surface area contributed by atoms with Gasteiger partial charge in [-0.2, -0.15) is 0 Å². The van der Waals surface area contributed by atoms with Crippen LogP contribution in [0, 0.1) is 0 Å². The van der Waals surface area contributed by atoms with Gasteiger partial charge in [-0.05, 0) is 72.5 Å². The molecule has 0 saturated heterocycles. The average molecular weight is 436 g/mol. The summed E-state index contributed by atoms with van der Waals surface area (Å²) in [5, 5.41) is 0. The van der Waals surface area contributed by atoms with E-state index in [4.69, 9.17) is 18.6 Å². The molecule has 0 bridgehead atoms. The Kier molecular flexibility index (Phi) is 6.69. The molecule has 0 spiro atoms. The van der Waals surface area contributed by atoms with E-state index in [0.717, 1.165) is 36.1 Å². The first kappa shape index (κ1) is 21.8. The van der Waals surface area contributed by atoms with E-state index in [1.165, 1.54) is 5.56 Å². The minimum atomic E-state index is -0.115. The van der Waals surface area contributed by atoms with Crippen LogP contribution in [0.2, 0.25) is 0 Å². The Morgan fingerprint density at radius 1 is 1.00 bits per heavy atom. The van der Waals surface area contributed by atoms with Crippen LogP contribution in [0.15, 0.2) is 52.9 Å². The van der Waals surface area contributed by atoms with Gasteiger partial charge < -0.3 is 23.5 Å². The van der Waals surface area contributed by atoms with Gasteiger partial charge in [0.2, 0.25) is 0 Å². The fourth-order valence-electron chi connectivity index (χ4n) is 3.87. The Balaban J connectivity index is 1.45. The van der Waals surface area contributed by atoms with Crippen molar-refractivity contribution in [2.24, 2.45) is 0 Å². The van der Waals surface area contributed by atoms with Crippen LogP contribution in [0.5, 0.6) is 17.2 Å². The van der Waals surface area contributed by atoms with Crippen molar-refractivity contribution in [2.75, 3.05) is 27.4 Å². The lowest BCUT2D eigenvalue weighted by Crippen LogP contribution is -2.35. The van der Waals surface area contributed by atoms with Crippen molar-refractivity contribution in [3.05, 3.63) is 65.4 Å². The molecule has 0 saturated carbocycles. The summed E-state index contributed by atoms with van der Waals surface area (Å²) in [6.07, 6.45) is 2.90. The third kappa shape index (κ3) is 4.59. The van der Waals surface area contributed by atoms with Crippen molar-refractivity contribution in [1.29, 1.82) is 0 Å². The number of unbranched alkanes of at least 4 members (excludes halogenated alkanes) is 1. The Morgan fingerprint density at radius 3 is 2.41 bits per heavy atom. The van der Waals surface area contributed by atoms with E-state index in [1.807, 2.05) is 47.4 Å². The number of carbonyl (C=O) groups is 1. The van der Waals surface area contributed by atoms with E-state index in [1.54, 1.807) is 20.3 Å². The standard InChI is InChI=1S/C26H29NO5/c1-4-5-14-31-21-8-6-18(7-9-21)22-10-11-23(32-22)26(28)27-13-12-19-15-24(29-2)25(30-3)16-20(19)17-27/h6-11,15-16H,4-5,12-14,17H2,1-3H3. The summed E-state index contributed by atoms with van der Waals surface area (Å²) in [6, 6.07) is 15.3. The van der Waals surface area contributed by atoms with E-state index in [-0.39, 0.29) is 5.91 Å². The van der Waals surface area contributed by atoms with Crippen molar-refractivity contribution in [2.45, 2.75) is 32.7 Å². The summed E-state index contributed by atoms with van der Waals surface area (Å²) in [5.41, 5.74) is 3.15. The highest BCUT2D eigenvalue weighted by Gasteiger charge is 2.25. The maximum atomic E-state index is 13.1. The molecular weight excluding hydrogens is 406 g/mol. The van der Waals surface area contributed by atoms with Gasteiger partial charge in [-0.3, -0.25) is 4.79 Å². The number of rotatable bonds is 8. The molecule has 4 rings (SSSR count). The number of furan rings is 1. The predicted molar refractivity (Wildman–Crippen MR) is 123 cm³/mol. The third-order valence-electron chi connectivity index (χ3n) is 5.73. The molecule has 2 aromatic carbocycles. The molecule has 1 amide bonds. The number of carbonyl (C=O) groups excluding carboxylic acids is 1. The molecule has 168 valence electrons. The first-order chi connectivity index (χ1) is 15.6. The SMILES string of the molecule is CCCCOc1ccc(-c2ccc(C(=O)N3CCc4cc(OC)c(OC)cc4C3)o2)cc1. The highest BCUT2D eigenvalue weighted by molar-refractivity contribution is 5.92. The van der Waals surface area contributed by atoms with Crippen molar-refractivity contribution < 1.29 is 23.4 Å². The molecule has 2 heterocycles. The fraction of sp³-hybridized carbons (Fsp3) is 0.346. The molecule has 1 aromatic heterocycles. The normalized spacial score (nSPS) is 12.9. The van der Waals surface area contributed by atoms with E-state index in [0.29, 0.717) is 42.7 Å². The van der Waals surface area contributed by atoms with E-state index < -0.39 is 0 Å². The van der Waals surface area contributed by atoms with Crippen LogP contribution in [0.3, 0.4) is 0 Å². The molecule has 32 heavy (non-hydrogen) atoms. The molecule has 0 aliphatic carbocycles. The second kappa shape index (κ2) is 9.81. The Morgan fingerprint density at radius 2 is 1.72 bits per heavy atom. The summed E-state index contributed by atoms with van der Waals surface area (Å²) in [6.45, 7) is 3.99. The Hall–Kier alpha value is -3.41. The van der Waals surface area contributed by atoms with E-state index >= 15 is 0 Å². The van der Waals surface area contributed by atoms with Crippen molar-refractivity contribution in [1.82, 2.24) is 4.90 Å². The van der Waals surface area contributed by atoms with E-state index in [9.17, 15) is 4.79 Å². The topological polar surface area (TPSA) is 61.1 Å². The number of ether oxygens (including phenoxy) is 3. The van der Waals surface area contributed by atoms with Crippen molar-refractivity contribution in [3.8, 4) is 28.6 Å². The molecule has 0 radical (unpaired) electrons. The second-order valence-electron chi connectivity index (χ2n) is 7.84. The van der Waals surface area contributed by atoms with E-state index in [2.05, 4.69) is 6.92 Å². The van der Waals surface area contributed by atoms with Crippen LogP contribution in [0.1, 0.15) is 41.4 Å². The molecule has 3 aromatic rings. The fourth-order valence-corrected chi connectivity index (χ4v) is 3.87. The van der Waals surface area contributed by atoms with Crippen LogP contribution in [-0.2, 0) is 13.0 Å². The van der Waals surface area contributed by atoms with Gasteiger partial charge >= 0.3 is 0 Å².